The molecule has 186 valence electrons. The highest BCUT2D eigenvalue weighted by molar-refractivity contribution is 5.47. The fourth-order valence-electron chi connectivity index (χ4n) is 5.96. The van der Waals surface area contributed by atoms with E-state index in [0.29, 0.717) is 11.5 Å². The number of ether oxygens (including phenoxy) is 1. The summed E-state index contributed by atoms with van der Waals surface area (Å²) in [6, 6.07) is 4.73. The molecule has 2 aliphatic carbocycles. The molecule has 0 spiro atoms. The molecule has 0 heterocycles. The van der Waals surface area contributed by atoms with E-state index in [1.807, 2.05) is 0 Å². The third-order valence-electron chi connectivity index (χ3n) is 7.77. The minimum atomic E-state index is -0.921. The second-order valence-electron chi connectivity index (χ2n) is 9.94. The smallest absolute Gasteiger partial charge is 0.190 e. The number of hydrogen-bond donors (Lipinski definition) is 0. The predicted molar refractivity (Wildman–Crippen MR) is 130 cm³/mol. The van der Waals surface area contributed by atoms with Crippen molar-refractivity contribution in [3.05, 3.63) is 76.4 Å². The molecular formula is C30H32F4O. The molecule has 2 aliphatic rings. The zero-order valence-corrected chi connectivity index (χ0v) is 20.4. The summed E-state index contributed by atoms with van der Waals surface area (Å²) in [5.41, 5.74) is 0.268. The lowest BCUT2D eigenvalue weighted by atomic mass is 9.63. The molecule has 0 amide bonds. The largest absolute Gasteiger partial charge is 0.491 e. The highest BCUT2D eigenvalue weighted by atomic mass is 19.1. The quantitative estimate of drug-likeness (QED) is 0.236. The summed E-state index contributed by atoms with van der Waals surface area (Å²) in [5, 5.41) is 0. The van der Waals surface area contributed by atoms with Gasteiger partial charge >= 0.3 is 0 Å². The Kier molecular flexibility index (Phi) is 8.21. The lowest BCUT2D eigenvalue weighted by Gasteiger charge is -2.42. The Morgan fingerprint density at radius 3 is 2.17 bits per heavy atom. The van der Waals surface area contributed by atoms with Gasteiger partial charge in [0.25, 0.3) is 0 Å². The maximum absolute atomic E-state index is 14.9. The molecule has 2 saturated carbocycles. The van der Waals surface area contributed by atoms with Crippen LogP contribution in [0.25, 0.3) is 0 Å². The minimum Gasteiger partial charge on any atom is -0.491 e. The van der Waals surface area contributed by atoms with E-state index in [4.69, 9.17) is 0 Å². The fourth-order valence-corrected chi connectivity index (χ4v) is 5.96. The maximum atomic E-state index is 14.9. The summed E-state index contributed by atoms with van der Waals surface area (Å²) in [6.45, 7) is 2.06. The Morgan fingerprint density at radius 2 is 1.51 bits per heavy atom. The van der Waals surface area contributed by atoms with Gasteiger partial charge in [-0.25, -0.2) is 17.6 Å². The van der Waals surface area contributed by atoms with Crippen molar-refractivity contribution in [2.24, 2.45) is 17.8 Å². The number of fused-ring (bicyclic) bond motifs is 1. The van der Waals surface area contributed by atoms with Gasteiger partial charge in [0, 0.05) is 5.56 Å². The fraction of sp³-hybridized carbons (Fsp3) is 0.467. The van der Waals surface area contributed by atoms with Gasteiger partial charge in [-0.3, -0.25) is 0 Å². The number of rotatable bonds is 5. The molecule has 2 aromatic rings. The SMILES string of the molecule is C/C=C/CCC1CCC2CC(c3cc(F)c(C#Cc4cc(F)c(OC)c(F)c4)c(F)c3)CCC2C1. The first-order valence-electron chi connectivity index (χ1n) is 12.5. The van der Waals surface area contributed by atoms with E-state index in [0.717, 1.165) is 56.8 Å². The van der Waals surface area contributed by atoms with E-state index in [1.54, 1.807) is 0 Å². The zero-order valence-electron chi connectivity index (χ0n) is 20.4. The molecule has 1 nitrogen and oxygen atoms in total. The van der Waals surface area contributed by atoms with Crippen molar-refractivity contribution in [1.82, 2.24) is 0 Å². The third-order valence-corrected chi connectivity index (χ3v) is 7.77. The van der Waals surface area contributed by atoms with E-state index in [-0.39, 0.29) is 17.0 Å². The van der Waals surface area contributed by atoms with E-state index < -0.39 is 29.0 Å². The van der Waals surface area contributed by atoms with Crippen LogP contribution in [0.5, 0.6) is 5.75 Å². The number of benzene rings is 2. The van der Waals surface area contributed by atoms with E-state index in [2.05, 4.69) is 35.7 Å². The topological polar surface area (TPSA) is 9.23 Å². The zero-order chi connectivity index (χ0) is 24.9. The normalized spacial score (nSPS) is 24.1. The third kappa shape index (κ3) is 5.92. The average Bonchev–Trinajstić information content (AvgIpc) is 2.83. The minimum absolute atomic E-state index is 0.0247. The molecule has 4 unspecified atom stereocenters. The second-order valence-corrected chi connectivity index (χ2v) is 9.94. The van der Waals surface area contributed by atoms with Crippen LogP contribution in [0.4, 0.5) is 17.6 Å². The van der Waals surface area contributed by atoms with E-state index in [9.17, 15) is 17.6 Å². The van der Waals surface area contributed by atoms with Crippen LogP contribution in [0.1, 0.15) is 80.9 Å². The highest BCUT2D eigenvalue weighted by Gasteiger charge is 2.36. The maximum Gasteiger partial charge on any atom is 0.190 e. The predicted octanol–water partition coefficient (Wildman–Crippen LogP) is 8.31. The Bertz CT molecular complexity index is 1100. The molecule has 0 aromatic heterocycles. The summed E-state index contributed by atoms with van der Waals surface area (Å²) in [5.74, 6) is 3.32. The van der Waals surface area contributed by atoms with Crippen molar-refractivity contribution < 1.29 is 22.3 Å². The van der Waals surface area contributed by atoms with Crippen LogP contribution >= 0.6 is 0 Å². The number of halogens is 4. The van der Waals surface area contributed by atoms with Crippen LogP contribution < -0.4 is 4.74 Å². The Labute approximate surface area is 205 Å². The molecule has 2 aromatic carbocycles. The Balaban J connectivity index is 1.45. The van der Waals surface area contributed by atoms with Gasteiger partial charge in [-0.05, 0) is 105 Å². The van der Waals surface area contributed by atoms with Crippen molar-refractivity contribution in [2.75, 3.05) is 7.11 Å². The molecule has 0 aliphatic heterocycles. The summed E-state index contributed by atoms with van der Waals surface area (Å²) in [6.07, 6.45) is 13.5. The molecule has 0 bridgehead atoms. The van der Waals surface area contributed by atoms with E-state index in [1.165, 1.54) is 37.8 Å². The van der Waals surface area contributed by atoms with Crippen LogP contribution in [0.3, 0.4) is 0 Å². The van der Waals surface area contributed by atoms with Crippen LogP contribution in [0, 0.1) is 52.9 Å². The molecule has 0 N–H and O–H groups in total. The molecule has 35 heavy (non-hydrogen) atoms. The number of allylic oxidation sites excluding steroid dienone is 2. The van der Waals surface area contributed by atoms with Crippen molar-refractivity contribution in [3.8, 4) is 17.6 Å². The van der Waals surface area contributed by atoms with E-state index >= 15 is 0 Å². The van der Waals surface area contributed by atoms with Crippen LogP contribution in [-0.4, -0.2) is 7.11 Å². The lowest BCUT2D eigenvalue weighted by Crippen LogP contribution is -2.30. The Hall–Kier alpha value is -2.74. The molecule has 4 rings (SSSR count). The van der Waals surface area contributed by atoms with Crippen molar-refractivity contribution >= 4 is 0 Å². The summed E-state index contributed by atoms with van der Waals surface area (Å²) in [7, 11) is 1.16. The van der Waals surface area contributed by atoms with Crippen molar-refractivity contribution in [3.63, 3.8) is 0 Å². The summed E-state index contributed by atoms with van der Waals surface area (Å²) >= 11 is 0. The highest BCUT2D eigenvalue weighted by Crippen LogP contribution is 2.48. The monoisotopic (exact) mass is 484 g/mol. The number of hydrogen-bond acceptors (Lipinski definition) is 1. The molecule has 0 radical (unpaired) electrons. The van der Waals surface area contributed by atoms with Crippen LogP contribution in [0.2, 0.25) is 0 Å². The van der Waals surface area contributed by atoms with Gasteiger partial charge in [-0.2, -0.15) is 0 Å². The summed E-state index contributed by atoms with van der Waals surface area (Å²) < 4.78 is 62.1. The molecule has 5 heteroatoms. The van der Waals surface area contributed by atoms with Gasteiger partial charge in [0.1, 0.15) is 11.6 Å². The Morgan fingerprint density at radius 1 is 0.857 bits per heavy atom. The van der Waals surface area contributed by atoms with Gasteiger partial charge in [0.05, 0.1) is 12.7 Å². The van der Waals surface area contributed by atoms with Crippen LogP contribution in [0.15, 0.2) is 36.4 Å². The van der Waals surface area contributed by atoms with Gasteiger partial charge in [-0.15, -0.1) is 0 Å². The second kappa shape index (κ2) is 11.3. The standard InChI is InChI=1S/C30H32F4O/c1-3-4-5-6-19-7-9-22-16-23(11-10-21(22)13-19)24-17-26(31)25(27(32)18-24)12-8-20-14-28(33)30(35-2)29(34)15-20/h3-4,14-15,17-19,21-23H,5-7,9-11,13,16H2,1-2H3/b4-3+. The van der Waals surface area contributed by atoms with Crippen molar-refractivity contribution in [2.45, 2.75) is 64.2 Å². The van der Waals surface area contributed by atoms with Gasteiger partial charge in [0.15, 0.2) is 17.4 Å². The number of methoxy groups -OCH3 is 1. The molecule has 4 atom stereocenters. The van der Waals surface area contributed by atoms with Gasteiger partial charge in [-0.1, -0.05) is 30.4 Å². The first-order valence-corrected chi connectivity index (χ1v) is 12.5. The summed E-state index contributed by atoms with van der Waals surface area (Å²) in [4.78, 5) is 0. The van der Waals surface area contributed by atoms with Crippen LogP contribution in [-0.2, 0) is 0 Å². The van der Waals surface area contributed by atoms with Gasteiger partial charge in [0.2, 0.25) is 0 Å². The first kappa shape index (κ1) is 25.4. The molecule has 2 fully saturated rings. The van der Waals surface area contributed by atoms with Gasteiger partial charge < -0.3 is 4.74 Å². The lowest BCUT2D eigenvalue weighted by molar-refractivity contribution is 0.115. The average molecular weight is 485 g/mol. The molecular weight excluding hydrogens is 452 g/mol. The molecule has 0 saturated heterocycles. The first-order chi connectivity index (χ1) is 16.9. The van der Waals surface area contributed by atoms with Crippen molar-refractivity contribution in [1.29, 1.82) is 0 Å².